The van der Waals surface area contributed by atoms with E-state index in [9.17, 15) is 4.79 Å². The Morgan fingerprint density at radius 3 is 1.97 bits per heavy atom. The molecular weight excluding hydrogens is 380 g/mol. The second kappa shape index (κ2) is 10.4. The van der Waals surface area contributed by atoms with Crippen LogP contribution >= 0.6 is 0 Å². The van der Waals surface area contributed by atoms with Gasteiger partial charge in [-0.15, -0.1) is 0 Å². The molecule has 0 N–H and O–H groups in total. The van der Waals surface area contributed by atoms with Crippen LogP contribution in [-0.4, -0.2) is 28.8 Å². The van der Waals surface area contributed by atoms with Gasteiger partial charge in [0.1, 0.15) is 0 Å². The van der Waals surface area contributed by atoms with Gasteiger partial charge in [-0.05, 0) is 54.1 Å². The van der Waals surface area contributed by atoms with Crippen molar-refractivity contribution in [2.75, 3.05) is 13.1 Å². The van der Waals surface area contributed by atoms with Crippen LogP contribution in [0.1, 0.15) is 46.8 Å². The van der Waals surface area contributed by atoms with E-state index >= 15 is 0 Å². The predicted molar refractivity (Wildman–Crippen MR) is 127 cm³/mol. The molecule has 1 atom stereocenters. The zero-order chi connectivity index (χ0) is 21.5. The summed E-state index contributed by atoms with van der Waals surface area (Å²) in [5.74, 6) is 0.852. The first-order valence-electron chi connectivity index (χ1n) is 11.4. The Labute approximate surface area is 186 Å². The maximum Gasteiger partial charge on any atom is 0.254 e. The summed E-state index contributed by atoms with van der Waals surface area (Å²) in [6, 6.07) is 28.7. The molecule has 3 aromatic carbocycles. The number of piperidine rings is 1. The van der Waals surface area contributed by atoms with Crippen molar-refractivity contribution in [2.24, 2.45) is 5.92 Å². The lowest BCUT2D eigenvalue weighted by Gasteiger charge is -2.30. The smallest absolute Gasteiger partial charge is 0.254 e. The third-order valence-electron chi connectivity index (χ3n) is 6.07. The number of carbonyl (C=O) groups is 1. The van der Waals surface area contributed by atoms with Gasteiger partial charge in [0, 0.05) is 31.7 Å². The third-order valence-corrected chi connectivity index (χ3v) is 6.07. The first-order valence-corrected chi connectivity index (χ1v) is 11.4. The quantitative estimate of drug-likeness (QED) is 0.492. The molecular formula is C28H32N2O. The zero-order valence-corrected chi connectivity index (χ0v) is 18.4. The van der Waals surface area contributed by atoms with Gasteiger partial charge in [-0.1, -0.05) is 79.7 Å². The van der Waals surface area contributed by atoms with E-state index in [4.69, 9.17) is 0 Å². The Kier molecular flexibility index (Phi) is 7.16. The van der Waals surface area contributed by atoms with Gasteiger partial charge < -0.3 is 4.90 Å². The number of benzene rings is 3. The van der Waals surface area contributed by atoms with Crippen LogP contribution in [0.5, 0.6) is 0 Å². The van der Waals surface area contributed by atoms with E-state index in [0.717, 1.165) is 29.2 Å². The lowest BCUT2D eigenvalue weighted by Crippen LogP contribution is -2.33. The summed E-state index contributed by atoms with van der Waals surface area (Å²) in [5.41, 5.74) is 4.32. The fraction of sp³-hybridized carbons (Fsp3) is 0.321. The van der Waals surface area contributed by atoms with Gasteiger partial charge in [0.2, 0.25) is 0 Å². The maximum atomic E-state index is 13.4. The van der Waals surface area contributed by atoms with Crippen molar-refractivity contribution in [1.29, 1.82) is 0 Å². The van der Waals surface area contributed by atoms with E-state index in [-0.39, 0.29) is 5.91 Å². The van der Waals surface area contributed by atoms with E-state index < -0.39 is 0 Å². The van der Waals surface area contributed by atoms with Crippen LogP contribution in [-0.2, 0) is 19.6 Å². The Morgan fingerprint density at radius 1 is 0.839 bits per heavy atom. The van der Waals surface area contributed by atoms with Crippen molar-refractivity contribution < 1.29 is 4.79 Å². The van der Waals surface area contributed by atoms with E-state index in [1.807, 2.05) is 53.4 Å². The van der Waals surface area contributed by atoms with Gasteiger partial charge in [0.05, 0.1) is 0 Å². The molecule has 31 heavy (non-hydrogen) atoms. The predicted octanol–water partition coefficient (Wildman–Crippen LogP) is 5.76. The van der Waals surface area contributed by atoms with E-state index in [1.165, 1.54) is 31.5 Å². The highest BCUT2D eigenvalue weighted by Crippen LogP contribution is 2.19. The summed E-state index contributed by atoms with van der Waals surface area (Å²) in [7, 11) is 0. The van der Waals surface area contributed by atoms with Crippen LogP contribution in [0.3, 0.4) is 0 Å². The van der Waals surface area contributed by atoms with Crippen molar-refractivity contribution in [3.8, 4) is 0 Å². The molecule has 3 aromatic rings. The van der Waals surface area contributed by atoms with Crippen LogP contribution in [0.25, 0.3) is 0 Å². The Balaban J connectivity index is 1.47. The maximum absolute atomic E-state index is 13.4. The molecule has 0 aliphatic carbocycles. The molecule has 3 heteroatoms. The minimum atomic E-state index is 0.0749. The second-order valence-electron chi connectivity index (χ2n) is 8.81. The highest BCUT2D eigenvalue weighted by molar-refractivity contribution is 5.94. The zero-order valence-electron chi connectivity index (χ0n) is 18.4. The molecule has 0 radical (unpaired) electrons. The molecule has 1 aliphatic heterocycles. The van der Waals surface area contributed by atoms with Gasteiger partial charge in [0.25, 0.3) is 5.91 Å². The molecule has 3 nitrogen and oxygen atoms in total. The molecule has 1 aliphatic rings. The number of hydrogen-bond acceptors (Lipinski definition) is 2. The van der Waals surface area contributed by atoms with Gasteiger partial charge in [0.15, 0.2) is 0 Å². The number of amides is 1. The number of likely N-dealkylation sites (tertiary alicyclic amines) is 1. The van der Waals surface area contributed by atoms with Gasteiger partial charge in [-0.3, -0.25) is 9.69 Å². The van der Waals surface area contributed by atoms with Crippen molar-refractivity contribution in [3.63, 3.8) is 0 Å². The highest BCUT2D eigenvalue weighted by atomic mass is 16.2. The monoisotopic (exact) mass is 412 g/mol. The lowest BCUT2D eigenvalue weighted by molar-refractivity contribution is 0.0730. The second-order valence-corrected chi connectivity index (χ2v) is 8.81. The first kappa shape index (κ1) is 21.3. The standard InChI is InChI=1S/C28H32N2O/c1-23-9-8-18-29(19-23)20-26-14-16-27(17-15-26)28(31)30(21-24-10-4-2-5-11-24)22-25-12-6-3-7-13-25/h2-7,10-17,23H,8-9,18-22H2,1H3. The van der Waals surface area contributed by atoms with Crippen LogP contribution < -0.4 is 0 Å². The van der Waals surface area contributed by atoms with Crippen LogP contribution in [0.15, 0.2) is 84.9 Å². The van der Waals surface area contributed by atoms with E-state index in [1.54, 1.807) is 0 Å². The topological polar surface area (TPSA) is 23.6 Å². The molecule has 160 valence electrons. The normalized spacial score (nSPS) is 16.7. The molecule has 0 bridgehead atoms. The van der Waals surface area contributed by atoms with Crippen molar-refractivity contribution in [1.82, 2.24) is 9.80 Å². The first-order chi connectivity index (χ1) is 15.2. The largest absolute Gasteiger partial charge is 0.330 e. The average Bonchev–Trinajstić information content (AvgIpc) is 2.80. The molecule has 1 unspecified atom stereocenters. The lowest BCUT2D eigenvalue weighted by atomic mass is 9.99. The van der Waals surface area contributed by atoms with Crippen molar-refractivity contribution >= 4 is 5.91 Å². The fourth-order valence-electron chi connectivity index (χ4n) is 4.43. The minimum Gasteiger partial charge on any atom is -0.330 e. The SMILES string of the molecule is CC1CCCN(Cc2ccc(C(=O)N(Cc3ccccc3)Cc3ccccc3)cc2)C1. The van der Waals surface area contributed by atoms with Crippen LogP contribution in [0.2, 0.25) is 0 Å². The highest BCUT2D eigenvalue weighted by Gasteiger charge is 2.18. The van der Waals surface area contributed by atoms with E-state index in [2.05, 4.69) is 48.2 Å². The molecule has 0 saturated carbocycles. The average molecular weight is 413 g/mol. The summed E-state index contributed by atoms with van der Waals surface area (Å²) in [6.45, 7) is 6.85. The fourth-order valence-corrected chi connectivity index (χ4v) is 4.43. The number of hydrogen-bond donors (Lipinski definition) is 0. The van der Waals surface area contributed by atoms with Crippen molar-refractivity contribution in [2.45, 2.75) is 39.4 Å². The molecule has 4 rings (SSSR count). The Hall–Kier alpha value is -2.91. The Morgan fingerprint density at radius 2 is 1.42 bits per heavy atom. The summed E-state index contributed by atoms with van der Waals surface area (Å²) in [6.07, 6.45) is 2.62. The molecule has 1 saturated heterocycles. The van der Waals surface area contributed by atoms with Gasteiger partial charge >= 0.3 is 0 Å². The molecule has 1 heterocycles. The Bertz CT molecular complexity index is 912. The summed E-state index contributed by atoms with van der Waals surface area (Å²) >= 11 is 0. The summed E-state index contributed by atoms with van der Waals surface area (Å²) in [5, 5.41) is 0. The van der Waals surface area contributed by atoms with Crippen LogP contribution in [0.4, 0.5) is 0 Å². The molecule has 1 amide bonds. The molecule has 0 aromatic heterocycles. The number of carbonyl (C=O) groups excluding carboxylic acids is 1. The van der Waals surface area contributed by atoms with Gasteiger partial charge in [-0.2, -0.15) is 0 Å². The minimum absolute atomic E-state index is 0.0749. The molecule has 1 fully saturated rings. The van der Waals surface area contributed by atoms with E-state index in [0.29, 0.717) is 13.1 Å². The third kappa shape index (κ3) is 6.05. The number of nitrogens with zero attached hydrogens (tertiary/aromatic N) is 2. The summed E-state index contributed by atoms with van der Waals surface area (Å²) in [4.78, 5) is 17.9. The van der Waals surface area contributed by atoms with Crippen molar-refractivity contribution in [3.05, 3.63) is 107 Å². The molecule has 0 spiro atoms. The summed E-state index contributed by atoms with van der Waals surface area (Å²) < 4.78 is 0. The van der Waals surface area contributed by atoms with Gasteiger partial charge in [-0.25, -0.2) is 0 Å². The number of rotatable bonds is 7. The van der Waals surface area contributed by atoms with Crippen LogP contribution in [0, 0.1) is 5.92 Å².